The first-order chi connectivity index (χ1) is 8.05. The minimum Gasteiger partial charge on any atom is -0.301 e. The quantitative estimate of drug-likeness (QED) is 0.485. The van der Waals surface area contributed by atoms with Gasteiger partial charge in [-0.3, -0.25) is 0 Å². The highest BCUT2D eigenvalue weighted by Crippen LogP contribution is 2.77. The van der Waals surface area contributed by atoms with E-state index in [2.05, 4.69) is 52.6 Å². The van der Waals surface area contributed by atoms with Crippen LogP contribution in [0.2, 0.25) is 0 Å². The molecule has 0 aromatic rings. The van der Waals surface area contributed by atoms with Crippen molar-refractivity contribution in [2.45, 2.75) is 62.5 Å². The Kier molecular flexibility index (Phi) is 2.60. The summed E-state index contributed by atoms with van der Waals surface area (Å²) in [5.74, 6) is 0. The van der Waals surface area contributed by atoms with Gasteiger partial charge >= 0.3 is 0 Å². The van der Waals surface area contributed by atoms with E-state index in [1.807, 2.05) is 0 Å². The van der Waals surface area contributed by atoms with Crippen molar-refractivity contribution >= 4 is 38.1 Å². The predicted octanol–water partition coefficient (Wildman–Crippen LogP) is 5.06. The molecule has 3 heteroatoms. The summed E-state index contributed by atoms with van der Waals surface area (Å²) in [6.45, 7) is 7.32. The number of hydrogen-bond donors (Lipinski definition) is 0. The molecule has 0 unspecified atom stereocenters. The van der Waals surface area contributed by atoms with Crippen LogP contribution in [0.5, 0.6) is 0 Å². The van der Waals surface area contributed by atoms with E-state index in [9.17, 15) is 4.79 Å². The molecule has 18 heavy (non-hydrogen) atoms. The van der Waals surface area contributed by atoms with E-state index in [4.69, 9.17) is 0 Å². The van der Waals surface area contributed by atoms with E-state index in [1.165, 1.54) is 38.5 Å². The molecule has 4 bridgehead atoms. The Hall–Kier alpha value is 0.630. The standard InChI is InChI=1S/C15H22Br2O/c1-11-4-12(2)6-13(3,5-11)9-14(7-11,8-12)15(16,17)10-18/h10H,4-9H2,1-3H3. The van der Waals surface area contributed by atoms with Crippen LogP contribution in [0.25, 0.3) is 0 Å². The SMILES string of the molecule is CC12CC3(C)CC(C)(C1)CC(C(Br)(Br)C=O)(C2)C3. The summed E-state index contributed by atoms with van der Waals surface area (Å²) in [5.41, 5.74) is 1.37. The van der Waals surface area contributed by atoms with E-state index in [-0.39, 0.29) is 5.41 Å². The molecule has 0 radical (unpaired) electrons. The van der Waals surface area contributed by atoms with Crippen LogP contribution >= 0.6 is 31.9 Å². The number of hydrogen-bond acceptors (Lipinski definition) is 1. The maximum absolute atomic E-state index is 11.6. The molecule has 0 spiro atoms. The Morgan fingerprint density at radius 2 is 1.17 bits per heavy atom. The highest BCUT2D eigenvalue weighted by atomic mass is 79.9. The molecule has 0 heterocycles. The Morgan fingerprint density at radius 1 is 0.833 bits per heavy atom. The summed E-state index contributed by atoms with van der Waals surface area (Å²) < 4.78 is -0.530. The third kappa shape index (κ3) is 1.72. The van der Waals surface area contributed by atoms with E-state index < -0.39 is 3.23 Å². The fourth-order valence-electron chi connectivity index (χ4n) is 6.77. The number of alkyl halides is 2. The molecule has 4 rings (SSSR count). The highest BCUT2D eigenvalue weighted by molar-refractivity contribution is 9.25. The van der Waals surface area contributed by atoms with Gasteiger partial charge in [0.1, 0.15) is 9.52 Å². The first-order valence-corrected chi connectivity index (χ1v) is 8.48. The molecule has 0 amide bonds. The summed E-state index contributed by atoms with van der Waals surface area (Å²) in [6.07, 6.45) is 8.64. The summed E-state index contributed by atoms with van der Waals surface area (Å²) in [6, 6.07) is 0. The first-order valence-electron chi connectivity index (χ1n) is 6.89. The average molecular weight is 378 g/mol. The van der Waals surface area contributed by atoms with Crippen LogP contribution in [0.15, 0.2) is 0 Å². The molecule has 0 aliphatic heterocycles. The first kappa shape index (κ1) is 13.6. The molecule has 0 saturated heterocycles. The number of carbonyl (C=O) groups excluding carboxylic acids is 1. The van der Waals surface area contributed by atoms with Crippen molar-refractivity contribution < 1.29 is 4.79 Å². The summed E-state index contributed by atoms with van der Waals surface area (Å²) in [5, 5.41) is 0. The molecule has 102 valence electrons. The monoisotopic (exact) mass is 376 g/mol. The fourth-order valence-corrected chi connectivity index (χ4v) is 7.61. The highest BCUT2D eigenvalue weighted by Gasteiger charge is 2.68. The Labute approximate surface area is 127 Å². The molecule has 0 atom stereocenters. The third-order valence-electron chi connectivity index (χ3n) is 5.71. The maximum Gasteiger partial charge on any atom is 0.147 e. The smallest absolute Gasteiger partial charge is 0.147 e. The van der Waals surface area contributed by atoms with Crippen LogP contribution in [-0.4, -0.2) is 9.52 Å². The number of carbonyl (C=O) groups is 1. The second-order valence-electron chi connectivity index (χ2n) is 8.51. The number of aldehydes is 1. The van der Waals surface area contributed by atoms with Gasteiger partial charge in [0.2, 0.25) is 0 Å². The fraction of sp³-hybridized carbons (Fsp3) is 0.933. The number of halogens is 2. The molecule has 4 aliphatic carbocycles. The van der Waals surface area contributed by atoms with Crippen molar-refractivity contribution in [2.75, 3.05) is 0 Å². The Morgan fingerprint density at radius 3 is 1.44 bits per heavy atom. The minimum absolute atomic E-state index is 0.0990. The van der Waals surface area contributed by atoms with Crippen LogP contribution in [0, 0.1) is 21.7 Å². The van der Waals surface area contributed by atoms with Crippen molar-refractivity contribution in [2.24, 2.45) is 21.7 Å². The number of rotatable bonds is 2. The Balaban J connectivity index is 2.11. The second-order valence-corrected chi connectivity index (χ2v) is 12.1. The van der Waals surface area contributed by atoms with Crippen LogP contribution in [0.1, 0.15) is 59.3 Å². The average Bonchev–Trinajstić information content (AvgIpc) is 2.09. The zero-order valence-corrected chi connectivity index (χ0v) is 14.7. The van der Waals surface area contributed by atoms with E-state index in [0.29, 0.717) is 16.2 Å². The molecule has 4 aliphatic rings. The van der Waals surface area contributed by atoms with Gasteiger partial charge in [0.15, 0.2) is 0 Å². The van der Waals surface area contributed by atoms with Crippen molar-refractivity contribution in [3.05, 3.63) is 0 Å². The lowest BCUT2D eigenvalue weighted by Crippen LogP contribution is -2.63. The third-order valence-corrected chi connectivity index (χ3v) is 7.77. The second kappa shape index (κ2) is 3.44. The summed E-state index contributed by atoms with van der Waals surface area (Å²) >= 11 is 7.38. The molecule has 1 nitrogen and oxygen atoms in total. The zero-order valence-electron chi connectivity index (χ0n) is 11.5. The summed E-state index contributed by atoms with van der Waals surface area (Å²) in [7, 11) is 0. The molecular formula is C15H22Br2O. The predicted molar refractivity (Wildman–Crippen MR) is 81.1 cm³/mol. The largest absolute Gasteiger partial charge is 0.301 e. The van der Waals surface area contributed by atoms with Crippen LogP contribution in [0.4, 0.5) is 0 Å². The van der Waals surface area contributed by atoms with Crippen molar-refractivity contribution in [1.29, 1.82) is 0 Å². The lowest BCUT2D eigenvalue weighted by molar-refractivity contribution is -0.184. The van der Waals surface area contributed by atoms with Crippen LogP contribution in [0.3, 0.4) is 0 Å². The molecule has 4 fully saturated rings. The van der Waals surface area contributed by atoms with Gasteiger partial charge in [-0.25, -0.2) is 0 Å². The van der Waals surface area contributed by atoms with E-state index >= 15 is 0 Å². The van der Waals surface area contributed by atoms with Crippen molar-refractivity contribution in [1.82, 2.24) is 0 Å². The Bertz CT molecular complexity index is 361. The van der Waals surface area contributed by atoms with Gasteiger partial charge in [-0.1, -0.05) is 52.6 Å². The topological polar surface area (TPSA) is 17.1 Å². The van der Waals surface area contributed by atoms with Gasteiger partial charge in [-0.2, -0.15) is 0 Å². The van der Waals surface area contributed by atoms with Crippen LogP contribution in [-0.2, 0) is 4.79 Å². The molecule has 0 aromatic heterocycles. The molecule has 0 aromatic carbocycles. The minimum atomic E-state index is -0.530. The van der Waals surface area contributed by atoms with Gasteiger partial charge < -0.3 is 4.79 Å². The maximum atomic E-state index is 11.6. The van der Waals surface area contributed by atoms with Crippen LogP contribution < -0.4 is 0 Å². The zero-order chi connectivity index (χ0) is 13.4. The van der Waals surface area contributed by atoms with Gasteiger partial charge in [0.05, 0.1) is 0 Å². The van der Waals surface area contributed by atoms with E-state index in [0.717, 1.165) is 6.29 Å². The lowest BCUT2D eigenvalue weighted by Gasteiger charge is -2.70. The molecule has 0 N–H and O–H groups in total. The van der Waals surface area contributed by atoms with Crippen molar-refractivity contribution in [3.8, 4) is 0 Å². The van der Waals surface area contributed by atoms with E-state index in [1.54, 1.807) is 0 Å². The normalized spacial score (nSPS) is 54.7. The van der Waals surface area contributed by atoms with Gasteiger partial charge in [-0.15, -0.1) is 0 Å². The molecule has 4 saturated carbocycles. The lowest BCUT2D eigenvalue weighted by atomic mass is 9.36. The van der Waals surface area contributed by atoms with Gasteiger partial charge in [0.25, 0.3) is 0 Å². The van der Waals surface area contributed by atoms with Gasteiger partial charge in [-0.05, 0) is 54.8 Å². The molecular weight excluding hydrogens is 356 g/mol. The van der Waals surface area contributed by atoms with Crippen molar-refractivity contribution in [3.63, 3.8) is 0 Å². The van der Waals surface area contributed by atoms with Gasteiger partial charge in [0, 0.05) is 5.41 Å². The summed E-state index contributed by atoms with van der Waals surface area (Å²) in [4.78, 5) is 11.6.